The highest BCUT2D eigenvalue weighted by Crippen LogP contribution is 2.34. The number of benzene rings is 1. The lowest BCUT2D eigenvalue weighted by atomic mass is 10.1. The second kappa shape index (κ2) is 4.24. The largest absolute Gasteiger partial charge is 0.388 e. The second-order valence-corrected chi connectivity index (χ2v) is 5.03. The average molecular weight is 241 g/mol. The Morgan fingerprint density at radius 3 is 2.88 bits per heavy atom. The van der Waals surface area contributed by atoms with Gasteiger partial charge in [0.15, 0.2) is 0 Å². The summed E-state index contributed by atoms with van der Waals surface area (Å²) in [6, 6.07) is 5.75. The molecule has 0 bridgehead atoms. The summed E-state index contributed by atoms with van der Waals surface area (Å²) in [6.07, 6.45) is 0.766. The van der Waals surface area contributed by atoms with Crippen LogP contribution in [-0.2, 0) is 6.54 Å². The van der Waals surface area contributed by atoms with Crippen molar-refractivity contribution in [1.29, 1.82) is 0 Å². The summed E-state index contributed by atoms with van der Waals surface area (Å²) in [4.78, 5) is 2.12. The molecule has 1 heterocycles. The molecular formula is C12H17ClN2O. The molecule has 88 valence electrons. The summed E-state index contributed by atoms with van der Waals surface area (Å²) in [5, 5.41) is 10.7. The van der Waals surface area contributed by atoms with E-state index < -0.39 is 5.60 Å². The summed E-state index contributed by atoms with van der Waals surface area (Å²) < 4.78 is 0. The van der Waals surface area contributed by atoms with E-state index in [-0.39, 0.29) is 0 Å². The number of nitrogens with two attached hydrogens (primary N) is 1. The number of aliphatic hydroxyl groups is 1. The quantitative estimate of drug-likeness (QED) is 0.828. The maximum Gasteiger partial charge on any atom is 0.0810 e. The molecule has 1 saturated heterocycles. The minimum atomic E-state index is -0.620. The number of nitrogens with zero attached hydrogens (tertiary/aromatic N) is 1. The third-order valence-electron chi connectivity index (χ3n) is 3.06. The maximum absolute atomic E-state index is 9.96. The van der Waals surface area contributed by atoms with Gasteiger partial charge in [0.25, 0.3) is 0 Å². The van der Waals surface area contributed by atoms with Crippen molar-refractivity contribution in [2.75, 3.05) is 18.0 Å². The van der Waals surface area contributed by atoms with Gasteiger partial charge in [-0.1, -0.05) is 23.7 Å². The van der Waals surface area contributed by atoms with Crippen molar-refractivity contribution in [3.8, 4) is 0 Å². The maximum atomic E-state index is 9.96. The van der Waals surface area contributed by atoms with Gasteiger partial charge >= 0.3 is 0 Å². The van der Waals surface area contributed by atoms with Gasteiger partial charge < -0.3 is 15.7 Å². The van der Waals surface area contributed by atoms with Gasteiger partial charge in [0, 0.05) is 19.6 Å². The number of hydrogen-bond donors (Lipinski definition) is 2. The predicted octanol–water partition coefficient (Wildman–Crippen LogP) is 1.76. The van der Waals surface area contributed by atoms with E-state index in [4.69, 9.17) is 17.3 Å². The first-order valence-corrected chi connectivity index (χ1v) is 5.86. The number of anilines is 1. The van der Waals surface area contributed by atoms with Crippen molar-refractivity contribution >= 4 is 17.3 Å². The highest BCUT2D eigenvalue weighted by molar-refractivity contribution is 6.33. The Bertz CT molecular complexity index is 393. The van der Waals surface area contributed by atoms with Crippen molar-refractivity contribution in [1.82, 2.24) is 0 Å². The Morgan fingerprint density at radius 2 is 2.31 bits per heavy atom. The molecule has 1 atom stereocenters. The Hall–Kier alpha value is -0.770. The number of para-hydroxylation sites is 1. The molecule has 1 fully saturated rings. The van der Waals surface area contributed by atoms with Gasteiger partial charge in [-0.3, -0.25) is 0 Å². The molecule has 0 amide bonds. The molecule has 0 aromatic heterocycles. The van der Waals surface area contributed by atoms with Crippen LogP contribution >= 0.6 is 11.6 Å². The molecule has 16 heavy (non-hydrogen) atoms. The molecule has 4 heteroatoms. The molecular weight excluding hydrogens is 224 g/mol. The van der Waals surface area contributed by atoms with Gasteiger partial charge in [0.1, 0.15) is 0 Å². The fourth-order valence-electron chi connectivity index (χ4n) is 2.21. The first kappa shape index (κ1) is 11.7. The van der Waals surface area contributed by atoms with Crippen molar-refractivity contribution in [3.63, 3.8) is 0 Å². The molecule has 1 aliphatic rings. The monoisotopic (exact) mass is 240 g/mol. The number of halogens is 1. The van der Waals surface area contributed by atoms with Crippen LogP contribution in [0.15, 0.2) is 18.2 Å². The molecule has 0 spiro atoms. The molecule has 1 aromatic rings. The van der Waals surface area contributed by atoms with E-state index in [2.05, 4.69) is 4.90 Å². The number of rotatable bonds is 2. The number of β-amino-alcohol motifs (C(OH)–C–C–N with tert-alkyl or cyclic N) is 1. The van der Waals surface area contributed by atoms with E-state index in [1.807, 2.05) is 25.1 Å². The van der Waals surface area contributed by atoms with E-state index in [1.165, 1.54) is 0 Å². The van der Waals surface area contributed by atoms with E-state index in [1.54, 1.807) is 0 Å². The van der Waals surface area contributed by atoms with Crippen LogP contribution < -0.4 is 10.6 Å². The van der Waals surface area contributed by atoms with E-state index in [9.17, 15) is 5.11 Å². The molecule has 3 N–H and O–H groups in total. The topological polar surface area (TPSA) is 49.5 Å². The van der Waals surface area contributed by atoms with Crippen molar-refractivity contribution < 1.29 is 5.11 Å². The molecule has 1 aromatic carbocycles. The van der Waals surface area contributed by atoms with Crippen LogP contribution in [0.2, 0.25) is 5.02 Å². The summed E-state index contributed by atoms with van der Waals surface area (Å²) in [5.74, 6) is 0. The summed E-state index contributed by atoms with van der Waals surface area (Å²) in [7, 11) is 0. The standard InChI is InChI=1S/C12H17ClN2O/c1-12(16)5-6-15(8-12)11-9(7-14)3-2-4-10(11)13/h2-4,16H,5-8,14H2,1H3. The second-order valence-electron chi connectivity index (χ2n) is 4.62. The molecule has 0 saturated carbocycles. The summed E-state index contributed by atoms with van der Waals surface area (Å²) in [6.45, 7) is 3.76. The molecule has 3 nitrogen and oxygen atoms in total. The van der Waals surface area contributed by atoms with E-state index in [0.717, 1.165) is 24.2 Å². The van der Waals surface area contributed by atoms with Gasteiger partial charge in [-0.2, -0.15) is 0 Å². The molecule has 1 unspecified atom stereocenters. The first-order valence-electron chi connectivity index (χ1n) is 5.48. The van der Waals surface area contributed by atoms with Crippen LogP contribution in [-0.4, -0.2) is 23.8 Å². The van der Waals surface area contributed by atoms with Crippen LogP contribution in [0, 0.1) is 0 Å². The van der Waals surface area contributed by atoms with Gasteiger partial charge in [0.05, 0.1) is 16.3 Å². The fraction of sp³-hybridized carbons (Fsp3) is 0.500. The van der Waals surface area contributed by atoms with Crippen LogP contribution in [0.1, 0.15) is 18.9 Å². The zero-order chi connectivity index (χ0) is 11.8. The van der Waals surface area contributed by atoms with Gasteiger partial charge in [-0.25, -0.2) is 0 Å². The third kappa shape index (κ3) is 2.17. The Labute approximate surface area is 101 Å². The molecule has 1 aliphatic heterocycles. The van der Waals surface area contributed by atoms with Crippen LogP contribution in [0.25, 0.3) is 0 Å². The van der Waals surface area contributed by atoms with E-state index >= 15 is 0 Å². The minimum absolute atomic E-state index is 0.467. The lowest BCUT2D eigenvalue weighted by molar-refractivity contribution is 0.0839. The zero-order valence-corrected chi connectivity index (χ0v) is 10.2. The first-order chi connectivity index (χ1) is 7.53. The minimum Gasteiger partial charge on any atom is -0.388 e. The number of hydrogen-bond acceptors (Lipinski definition) is 3. The zero-order valence-electron chi connectivity index (χ0n) is 9.41. The SMILES string of the molecule is CC1(O)CCN(c2c(Cl)cccc2CN)C1. The smallest absolute Gasteiger partial charge is 0.0810 e. The van der Waals surface area contributed by atoms with Gasteiger partial charge in [-0.05, 0) is 25.0 Å². The predicted molar refractivity (Wildman–Crippen MR) is 66.8 cm³/mol. The molecule has 0 aliphatic carbocycles. The normalized spacial score (nSPS) is 25.1. The summed E-state index contributed by atoms with van der Waals surface area (Å²) >= 11 is 6.20. The van der Waals surface area contributed by atoms with Crippen LogP contribution in [0.4, 0.5) is 5.69 Å². The lowest BCUT2D eigenvalue weighted by Gasteiger charge is -2.24. The third-order valence-corrected chi connectivity index (χ3v) is 3.36. The highest BCUT2D eigenvalue weighted by atomic mass is 35.5. The summed E-state index contributed by atoms with van der Waals surface area (Å²) in [5.41, 5.74) is 7.10. The van der Waals surface area contributed by atoms with Gasteiger partial charge in [-0.15, -0.1) is 0 Å². The van der Waals surface area contributed by atoms with Crippen LogP contribution in [0.3, 0.4) is 0 Å². The van der Waals surface area contributed by atoms with Crippen LogP contribution in [0.5, 0.6) is 0 Å². The Kier molecular flexibility index (Phi) is 3.10. The Morgan fingerprint density at radius 1 is 1.56 bits per heavy atom. The Balaban J connectivity index is 2.34. The fourth-order valence-corrected chi connectivity index (χ4v) is 2.53. The van der Waals surface area contributed by atoms with Gasteiger partial charge in [0.2, 0.25) is 0 Å². The van der Waals surface area contributed by atoms with E-state index in [0.29, 0.717) is 18.1 Å². The van der Waals surface area contributed by atoms with Crippen molar-refractivity contribution in [3.05, 3.63) is 28.8 Å². The average Bonchev–Trinajstić information content (AvgIpc) is 2.58. The van der Waals surface area contributed by atoms with Crippen molar-refractivity contribution in [2.45, 2.75) is 25.5 Å². The molecule has 0 radical (unpaired) electrons. The lowest BCUT2D eigenvalue weighted by Crippen LogP contribution is -2.30. The van der Waals surface area contributed by atoms with Crippen molar-refractivity contribution in [2.24, 2.45) is 5.73 Å². The molecule has 2 rings (SSSR count). The highest BCUT2D eigenvalue weighted by Gasteiger charge is 2.32.